The number of anilines is 2. The number of fused-ring (bicyclic) bond motifs is 4. The molecule has 3 fully saturated rings. The Balaban J connectivity index is 1.28. The fourth-order valence-corrected chi connectivity index (χ4v) is 7.96. The fraction of sp³-hybridized carbons (Fsp3) is 0.645. The van der Waals surface area contributed by atoms with E-state index in [-0.39, 0.29) is 5.54 Å². The molecule has 0 radical (unpaired) electrons. The molecule has 1 aliphatic carbocycles. The third-order valence-corrected chi connectivity index (χ3v) is 10.1. The number of aromatic nitrogens is 2. The standard InChI is InChI=1S/C31H39FN6O3/c1-20-6-8-31(27-22(20)4-5-25(34)23(27)16-33)15-26-24(18-41-31)28(37-9-3-12-39-13-11-37)36-29(35-26)40-19-30-7-2-10-38(30)17-21(32)14-30/h4-5,20-21H,2-3,6-15,17-19,34H2,1H3/t20?,21-,30+,31?/m1/s1. The first-order valence-corrected chi connectivity index (χ1v) is 15.1. The van der Waals surface area contributed by atoms with E-state index in [9.17, 15) is 9.65 Å². The molecule has 9 nitrogen and oxygen atoms in total. The lowest BCUT2D eigenvalue weighted by Crippen LogP contribution is -2.44. The van der Waals surface area contributed by atoms with Gasteiger partial charge in [0.1, 0.15) is 30.3 Å². The summed E-state index contributed by atoms with van der Waals surface area (Å²) in [6.45, 7) is 7.22. The Bertz CT molecular complexity index is 1370. The molecule has 0 bridgehead atoms. The molecule has 1 aromatic carbocycles. The van der Waals surface area contributed by atoms with Gasteiger partial charge in [-0.3, -0.25) is 4.90 Å². The molecule has 218 valence electrons. The lowest BCUT2D eigenvalue weighted by Gasteiger charge is -2.45. The lowest BCUT2D eigenvalue weighted by molar-refractivity contribution is -0.0873. The average Bonchev–Trinajstić information content (AvgIpc) is 3.35. The van der Waals surface area contributed by atoms with Gasteiger partial charge in [-0.1, -0.05) is 13.0 Å². The van der Waals surface area contributed by atoms with Crippen LogP contribution >= 0.6 is 0 Å². The third-order valence-electron chi connectivity index (χ3n) is 10.1. The quantitative estimate of drug-likeness (QED) is 0.554. The van der Waals surface area contributed by atoms with E-state index < -0.39 is 11.8 Å². The van der Waals surface area contributed by atoms with Crippen molar-refractivity contribution in [3.05, 3.63) is 40.1 Å². The van der Waals surface area contributed by atoms with Gasteiger partial charge in [-0.15, -0.1) is 0 Å². The Morgan fingerprint density at radius 2 is 2.10 bits per heavy atom. The summed E-state index contributed by atoms with van der Waals surface area (Å²) in [6.07, 6.45) is 4.82. The number of hydrogen-bond acceptors (Lipinski definition) is 9. The summed E-state index contributed by atoms with van der Waals surface area (Å²) in [6, 6.07) is 6.61. The topological polar surface area (TPSA) is 110 Å². The number of benzene rings is 1. The van der Waals surface area contributed by atoms with Crippen molar-refractivity contribution in [3.63, 3.8) is 0 Å². The highest BCUT2D eigenvalue weighted by Gasteiger charge is 2.50. The Morgan fingerprint density at radius 3 is 2.98 bits per heavy atom. The van der Waals surface area contributed by atoms with E-state index in [4.69, 9.17) is 29.9 Å². The number of hydrogen-bond donors (Lipinski definition) is 1. The molecule has 0 amide bonds. The number of halogens is 1. The first kappa shape index (κ1) is 26.9. The molecule has 4 atom stereocenters. The van der Waals surface area contributed by atoms with Crippen LogP contribution in [0.5, 0.6) is 6.01 Å². The normalized spacial score (nSPS) is 31.3. The smallest absolute Gasteiger partial charge is 0.318 e. The number of ether oxygens (including phenoxy) is 3. The molecule has 5 aliphatic rings. The maximum Gasteiger partial charge on any atom is 0.318 e. The van der Waals surface area contributed by atoms with Gasteiger partial charge in [0.2, 0.25) is 0 Å². The van der Waals surface area contributed by atoms with Crippen molar-refractivity contribution in [1.82, 2.24) is 14.9 Å². The number of alkyl halides is 1. The maximum atomic E-state index is 14.4. The van der Waals surface area contributed by atoms with Gasteiger partial charge in [-0.25, -0.2) is 4.39 Å². The van der Waals surface area contributed by atoms with Crippen molar-refractivity contribution in [2.75, 3.05) is 56.6 Å². The molecule has 4 aliphatic heterocycles. The fourth-order valence-electron chi connectivity index (χ4n) is 7.96. The monoisotopic (exact) mass is 562 g/mol. The number of nitrogen functional groups attached to an aromatic ring is 1. The second-order valence-corrected chi connectivity index (χ2v) is 12.6. The van der Waals surface area contributed by atoms with Crippen molar-refractivity contribution in [3.8, 4) is 12.1 Å². The minimum Gasteiger partial charge on any atom is -0.461 e. The summed E-state index contributed by atoms with van der Waals surface area (Å²) in [5.74, 6) is 1.14. The molecule has 5 heterocycles. The molecule has 1 aromatic heterocycles. The Labute approximate surface area is 240 Å². The van der Waals surface area contributed by atoms with Gasteiger partial charge in [0.25, 0.3) is 0 Å². The van der Waals surface area contributed by atoms with Crippen LogP contribution in [-0.4, -0.2) is 72.6 Å². The van der Waals surface area contributed by atoms with Crippen LogP contribution in [0, 0.1) is 11.3 Å². The summed E-state index contributed by atoms with van der Waals surface area (Å²) in [7, 11) is 0. The van der Waals surface area contributed by atoms with Gasteiger partial charge in [-0.05, 0) is 56.2 Å². The van der Waals surface area contributed by atoms with E-state index in [1.165, 1.54) is 0 Å². The molecule has 10 heteroatoms. The molecular weight excluding hydrogens is 523 g/mol. The van der Waals surface area contributed by atoms with E-state index in [0.717, 1.165) is 86.5 Å². The van der Waals surface area contributed by atoms with Gasteiger partial charge < -0.3 is 24.8 Å². The summed E-state index contributed by atoms with van der Waals surface area (Å²) in [5, 5.41) is 10.1. The van der Waals surface area contributed by atoms with Gasteiger partial charge in [0, 0.05) is 55.9 Å². The molecular formula is C31H39FN6O3. The van der Waals surface area contributed by atoms with Crippen LogP contribution in [0.1, 0.15) is 79.3 Å². The van der Waals surface area contributed by atoms with E-state index in [0.29, 0.717) is 62.4 Å². The number of nitrogens with zero attached hydrogens (tertiary/aromatic N) is 5. The van der Waals surface area contributed by atoms with E-state index >= 15 is 0 Å². The van der Waals surface area contributed by atoms with Crippen molar-refractivity contribution in [2.24, 2.45) is 0 Å². The predicted octanol–water partition coefficient (Wildman–Crippen LogP) is 3.98. The minimum atomic E-state index is -0.816. The van der Waals surface area contributed by atoms with E-state index in [1.807, 2.05) is 6.07 Å². The first-order chi connectivity index (χ1) is 19.9. The Morgan fingerprint density at radius 1 is 1.20 bits per heavy atom. The molecule has 2 N–H and O–H groups in total. The Hall–Kier alpha value is -3.00. The summed E-state index contributed by atoms with van der Waals surface area (Å²) in [4.78, 5) is 14.5. The largest absolute Gasteiger partial charge is 0.461 e. The molecule has 2 unspecified atom stereocenters. The molecule has 0 saturated carbocycles. The number of rotatable bonds is 4. The highest BCUT2D eigenvalue weighted by molar-refractivity contribution is 5.64. The van der Waals surface area contributed by atoms with Crippen LogP contribution in [0.2, 0.25) is 0 Å². The Kier molecular flexibility index (Phi) is 6.80. The highest BCUT2D eigenvalue weighted by Crippen LogP contribution is 2.51. The second kappa shape index (κ2) is 10.4. The second-order valence-electron chi connectivity index (χ2n) is 12.6. The average molecular weight is 563 g/mol. The van der Waals surface area contributed by atoms with E-state index in [2.05, 4.69) is 28.9 Å². The summed E-state index contributed by atoms with van der Waals surface area (Å²) < 4.78 is 33.4. The first-order valence-electron chi connectivity index (χ1n) is 15.1. The van der Waals surface area contributed by atoms with Gasteiger partial charge >= 0.3 is 6.01 Å². The highest BCUT2D eigenvalue weighted by atomic mass is 19.1. The number of nitriles is 1. The van der Waals surface area contributed by atoms with Gasteiger partial charge in [0.15, 0.2) is 0 Å². The van der Waals surface area contributed by atoms with Crippen LogP contribution in [0.15, 0.2) is 12.1 Å². The van der Waals surface area contributed by atoms with Crippen molar-refractivity contribution < 1.29 is 18.6 Å². The molecule has 3 saturated heterocycles. The third kappa shape index (κ3) is 4.53. The lowest BCUT2D eigenvalue weighted by atomic mass is 9.69. The van der Waals surface area contributed by atoms with Crippen molar-refractivity contribution in [2.45, 2.75) is 81.7 Å². The molecule has 2 aromatic rings. The van der Waals surface area contributed by atoms with Crippen LogP contribution in [-0.2, 0) is 28.1 Å². The van der Waals surface area contributed by atoms with Crippen molar-refractivity contribution >= 4 is 11.5 Å². The van der Waals surface area contributed by atoms with Crippen LogP contribution < -0.4 is 15.4 Å². The summed E-state index contributed by atoms with van der Waals surface area (Å²) >= 11 is 0. The SMILES string of the molecule is CC1CCC2(Cc3nc(OC[C@@]45CCCN4C[C@H](F)C5)nc(N4CCCOCC4)c3CO2)c2c1ccc(N)c2C#N. The zero-order chi connectivity index (χ0) is 28.2. The van der Waals surface area contributed by atoms with Crippen LogP contribution in [0.25, 0.3) is 0 Å². The summed E-state index contributed by atoms with van der Waals surface area (Å²) in [5.41, 5.74) is 10.3. The van der Waals surface area contributed by atoms with Crippen LogP contribution in [0.4, 0.5) is 15.9 Å². The zero-order valence-electron chi connectivity index (χ0n) is 23.8. The molecule has 41 heavy (non-hydrogen) atoms. The molecule has 7 rings (SSSR count). The van der Waals surface area contributed by atoms with Crippen molar-refractivity contribution in [1.29, 1.82) is 5.26 Å². The van der Waals surface area contributed by atoms with Gasteiger partial charge in [0.05, 0.1) is 30.0 Å². The molecule has 1 spiro atoms. The van der Waals surface area contributed by atoms with Gasteiger partial charge in [-0.2, -0.15) is 15.2 Å². The van der Waals surface area contributed by atoms with E-state index in [1.54, 1.807) is 0 Å². The predicted molar refractivity (Wildman–Crippen MR) is 152 cm³/mol. The van der Waals surface area contributed by atoms with Crippen LogP contribution in [0.3, 0.4) is 0 Å². The maximum absolute atomic E-state index is 14.4. The number of nitrogens with two attached hydrogens (primary N) is 1. The minimum absolute atomic E-state index is 0.280. The zero-order valence-corrected chi connectivity index (χ0v) is 23.8.